The number of hydrogen-bond donors (Lipinski definition) is 1. The van der Waals surface area contributed by atoms with Crippen LogP contribution >= 0.6 is 15.9 Å². The number of hydrogen-bond acceptors (Lipinski definition) is 2. The number of nitrogens with one attached hydrogen (secondary N) is 1. The number of aryl methyl sites for hydroxylation is 1. The van der Waals surface area contributed by atoms with E-state index in [0.717, 1.165) is 16.6 Å². The van der Waals surface area contributed by atoms with Gasteiger partial charge in [-0.2, -0.15) is 5.10 Å². The van der Waals surface area contributed by atoms with Gasteiger partial charge in [-0.25, -0.2) is 4.39 Å². The highest BCUT2D eigenvalue weighted by Gasteiger charge is 2.44. The molecule has 1 aromatic carbocycles. The smallest absolute Gasteiger partial charge is 0.229 e. The predicted octanol–water partition coefficient (Wildman–Crippen LogP) is 3.06. The fourth-order valence-electron chi connectivity index (χ4n) is 2.29. The molecule has 20 heavy (non-hydrogen) atoms. The lowest BCUT2D eigenvalue weighted by Gasteiger charge is -2.02. The van der Waals surface area contributed by atoms with Gasteiger partial charge in [0.05, 0.1) is 0 Å². The minimum atomic E-state index is -0.256. The van der Waals surface area contributed by atoms with Crippen molar-refractivity contribution in [2.75, 3.05) is 5.32 Å². The molecule has 2 atom stereocenters. The van der Waals surface area contributed by atoms with Crippen molar-refractivity contribution in [2.45, 2.75) is 12.3 Å². The van der Waals surface area contributed by atoms with Crippen molar-refractivity contribution in [3.63, 3.8) is 0 Å². The van der Waals surface area contributed by atoms with Crippen molar-refractivity contribution in [1.29, 1.82) is 0 Å². The highest BCUT2D eigenvalue weighted by molar-refractivity contribution is 9.10. The van der Waals surface area contributed by atoms with E-state index in [0.29, 0.717) is 5.82 Å². The zero-order valence-electron chi connectivity index (χ0n) is 10.8. The normalized spacial score (nSPS) is 20.8. The molecular formula is C14H13BrFN3O. The molecule has 1 aliphatic carbocycles. The van der Waals surface area contributed by atoms with Gasteiger partial charge >= 0.3 is 0 Å². The first-order valence-corrected chi connectivity index (χ1v) is 7.10. The summed E-state index contributed by atoms with van der Waals surface area (Å²) in [6.07, 6.45) is 0.797. The summed E-state index contributed by atoms with van der Waals surface area (Å²) in [7, 11) is 1.79. The fourth-order valence-corrected chi connectivity index (χ4v) is 2.58. The number of anilines is 1. The minimum Gasteiger partial charge on any atom is -0.309 e. The maximum absolute atomic E-state index is 12.9. The number of nitrogens with zero attached hydrogens (tertiary/aromatic N) is 2. The van der Waals surface area contributed by atoms with Crippen LogP contribution in [0.2, 0.25) is 0 Å². The molecule has 1 N–H and O–H groups in total. The second-order valence-electron chi connectivity index (χ2n) is 4.97. The van der Waals surface area contributed by atoms with E-state index < -0.39 is 0 Å². The number of amides is 1. The van der Waals surface area contributed by atoms with Crippen molar-refractivity contribution in [3.05, 3.63) is 46.3 Å². The van der Waals surface area contributed by atoms with E-state index in [1.54, 1.807) is 29.9 Å². The molecule has 0 radical (unpaired) electrons. The quantitative estimate of drug-likeness (QED) is 0.935. The Morgan fingerprint density at radius 1 is 1.45 bits per heavy atom. The molecule has 1 fully saturated rings. The molecule has 4 nitrogen and oxygen atoms in total. The van der Waals surface area contributed by atoms with E-state index in [4.69, 9.17) is 0 Å². The van der Waals surface area contributed by atoms with Gasteiger partial charge < -0.3 is 5.32 Å². The lowest BCUT2D eigenvalue weighted by Crippen LogP contribution is -2.15. The Labute approximate surface area is 124 Å². The minimum absolute atomic E-state index is 0.0371. The number of carbonyl (C=O) groups excluding carboxylic acids is 1. The largest absolute Gasteiger partial charge is 0.309 e. The van der Waals surface area contributed by atoms with Crippen LogP contribution in [0.25, 0.3) is 0 Å². The Kier molecular flexibility index (Phi) is 3.33. The summed E-state index contributed by atoms with van der Waals surface area (Å²) in [5.74, 6) is 0.372. The number of halogens is 2. The van der Waals surface area contributed by atoms with Gasteiger partial charge in [-0.05, 0) is 46.0 Å². The van der Waals surface area contributed by atoms with Gasteiger partial charge in [-0.15, -0.1) is 0 Å². The van der Waals surface area contributed by atoms with E-state index in [9.17, 15) is 9.18 Å². The number of aromatic nitrogens is 2. The average Bonchev–Trinajstić information content (AvgIpc) is 3.13. The van der Waals surface area contributed by atoms with Crippen LogP contribution in [0.1, 0.15) is 17.9 Å². The fraction of sp³-hybridized carbons (Fsp3) is 0.286. The highest BCUT2D eigenvalue weighted by atomic mass is 79.9. The van der Waals surface area contributed by atoms with E-state index in [1.807, 2.05) is 0 Å². The summed E-state index contributed by atoms with van der Waals surface area (Å²) in [4.78, 5) is 12.1. The molecular weight excluding hydrogens is 325 g/mol. The van der Waals surface area contributed by atoms with Crippen LogP contribution in [0.4, 0.5) is 10.2 Å². The van der Waals surface area contributed by atoms with Gasteiger partial charge in [0.2, 0.25) is 5.91 Å². The van der Waals surface area contributed by atoms with Crippen LogP contribution in [0.3, 0.4) is 0 Å². The zero-order chi connectivity index (χ0) is 14.3. The van der Waals surface area contributed by atoms with Crippen LogP contribution in [0.5, 0.6) is 0 Å². The summed E-state index contributed by atoms with van der Waals surface area (Å²) in [6, 6.07) is 8.10. The summed E-state index contributed by atoms with van der Waals surface area (Å²) < 4.78 is 15.3. The summed E-state index contributed by atoms with van der Waals surface area (Å²) >= 11 is 3.33. The van der Waals surface area contributed by atoms with Crippen molar-refractivity contribution < 1.29 is 9.18 Å². The molecule has 6 heteroatoms. The third-order valence-corrected chi connectivity index (χ3v) is 4.24. The maximum atomic E-state index is 12.9. The van der Waals surface area contributed by atoms with E-state index >= 15 is 0 Å². The Morgan fingerprint density at radius 2 is 2.15 bits per heavy atom. The van der Waals surface area contributed by atoms with Gasteiger partial charge in [0.25, 0.3) is 0 Å². The summed E-state index contributed by atoms with van der Waals surface area (Å²) in [5.41, 5.74) is 1.01. The average molecular weight is 338 g/mol. The molecule has 0 aliphatic heterocycles. The van der Waals surface area contributed by atoms with E-state index in [-0.39, 0.29) is 23.6 Å². The molecule has 0 unspecified atom stereocenters. The second kappa shape index (κ2) is 5.01. The summed E-state index contributed by atoms with van der Waals surface area (Å²) in [5, 5.41) is 6.96. The lowest BCUT2D eigenvalue weighted by atomic mass is 10.1. The molecule has 0 spiro atoms. The first-order chi connectivity index (χ1) is 9.54. The number of carbonyl (C=O) groups is 1. The van der Waals surface area contributed by atoms with Crippen LogP contribution in [-0.4, -0.2) is 15.7 Å². The third kappa shape index (κ3) is 2.60. The van der Waals surface area contributed by atoms with Gasteiger partial charge in [0.15, 0.2) is 5.82 Å². The Bertz CT molecular complexity index is 633. The van der Waals surface area contributed by atoms with Gasteiger partial charge in [-0.1, -0.05) is 12.1 Å². The molecule has 3 rings (SSSR count). The molecule has 1 amide bonds. The second-order valence-corrected chi connectivity index (χ2v) is 5.78. The van der Waals surface area contributed by atoms with Crippen molar-refractivity contribution >= 4 is 27.7 Å². The third-order valence-electron chi connectivity index (χ3n) is 3.50. The van der Waals surface area contributed by atoms with Crippen LogP contribution in [0.15, 0.2) is 34.9 Å². The van der Waals surface area contributed by atoms with E-state index in [1.165, 1.54) is 12.1 Å². The van der Waals surface area contributed by atoms with Crippen molar-refractivity contribution in [3.8, 4) is 0 Å². The topological polar surface area (TPSA) is 46.9 Å². The molecule has 0 saturated heterocycles. The molecule has 1 heterocycles. The van der Waals surface area contributed by atoms with Gasteiger partial charge in [0, 0.05) is 19.0 Å². The Hall–Kier alpha value is -1.69. The van der Waals surface area contributed by atoms with Crippen molar-refractivity contribution in [1.82, 2.24) is 9.78 Å². The summed E-state index contributed by atoms with van der Waals surface area (Å²) in [6.45, 7) is 0. The Balaban J connectivity index is 1.64. The molecule has 1 saturated carbocycles. The molecule has 1 aromatic heterocycles. The first kappa shape index (κ1) is 13.3. The SMILES string of the molecule is Cn1nc(NC(=O)[C@@H]2C[C@@H]2c2ccc(F)cc2)cc1Br. The highest BCUT2D eigenvalue weighted by Crippen LogP contribution is 2.47. The molecule has 2 aromatic rings. The van der Waals surface area contributed by atoms with Crippen molar-refractivity contribution in [2.24, 2.45) is 13.0 Å². The van der Waals surface area contributed by atoms with Crippen LogP contribution in [0, 0.1) is 11.7 Å². The molecule has 1 aliphatic rings. The number of benzene rings is 1. The monoisotopic (exact) mass is 337 g/mol. The van der Waals surface area contributed by atoms with Crippen LogP contribution in [-0.2, 0) is 11.8 Å². The lowest BCUT2D eigenvalue weighted by molar-refractivity contribution is -0.117. The number of rotatable bonds is 3. The molecule has 104 valence electrons. The van der Waals surface area contributed by atoms with Gasteiger partial charge in [0.1, 0.15) is 10.4 Å². The maximum Gasteiger partial charge on any atom is 0.229 e. The first-order valence-electron chi connectivity index (χ1n) is 6.30. The Morgan fingerprint density at radius 3 is 2.75 bits per heavy atom. The van der Waals surface area contributed by atoms with E-state index in [2.05, 4.69) is 26.3 Å². The zero-order valence-corrected chi connectivity index (χ0v) is 12.4. The standard InChI is InChI=1S/C14H13BrFN3O/c1-19-12(15)7-13(18-19)17-14(20)11-6-10(11)8-2-4-9(16)5-3-8/h2-5,7,10-11H,6H2,1H3,(H,17,18,20)/t10-,11-/m1/s1. The molecule has 0 bridgehead atoms. The predicted molar refractivity (Wildman–Crippen MR) is 76.8 cm³/mol. The van der Waals surface area contributed by atoms with Gasteiger partial charge in [-0.3, -0.25) is 9.48 Å². The van der Waals surface area contributed by atoms with Crippen LogP contribution < -0.4 is 5.32 Å².